The third-order valence-corrected chi connectivity index (χ3v) is 6.31. The highest BCUT2D eigenvalue weighted by atomic mass is 32.2. The van der Waals surface area contributed by atoms with E-state index in [0.717, 1.165) is 39.5 Å². The van der Waals surface area contributed by atoms with Crippen molar-refractivity contribution in [3.8, 4) is 5.75 Å². The maximum atomic E-state index is 11.4. The van der Waals surface area contributed by atoms with E-state index in [2.05, 4.69) is 22.5 Å². The molecular weight excluding hydrogens is 396 g/mol. The molecule has 0 saturated heterocycles. The number of ether oxygens (including phenoxy) is 1. The molecule has 0 amide bonds. The lowest BCUT2D eigenvalue weighted by atomic mass is 10.1. The zero-order valence-corrected chi connectivity index (χ0v) is 18.1. The zero-order chi connectivity index (χ0) is 20.6. The van der Waals surface area contributed by atoms with Crippen LogP contribution in [0.25, 0.3) is 0 Å². The third kappa shape index (κ3) is 6.81. The van der Waals surface area contributed by atoms with Gasteiger partial charge >= 0.3 is 0 Å². The second kappa shape index (κ2) is 10.4. The van der Waals surface area contributed by atoms with E-state index in [1.165, 1.54) is 6.07 Å². The summed E-state index contributed by atoms with van der Waals surface area (Å²) in [7, 11) is -3.66. The van der Waals surface area contributed by atoms with E-state index in [1.807, 2.05) is 32.0 Å². The summed E-state index contributed by atoms with van der Waals surface area (Å²) in [5, 5.41) is 11.6. The summed E-state index contributed by atoms with van der Waals surface area (Å²) in [4.78, 5) is 5.49. The van der Waals surface area contributed by atoms with Gasteiger partial charge in [0.1, 0.15) is 9.96 Å². The van der Waals surface area contributed by atoms with Gasteiger partial charge in [-0.1, -0.05) is 19.1 Å². The smallest absolute Gasteiger partial charge is 0.247 e. The van der Waals surface area contributed by atoms with Gasteiger partial charge < -0.3 is 15.4 Å². The number of nitrogens with one attached hydrogen (secondary N) is 2. The minimum Gasteiger partial charge on any atom is -0.493 e. The van der Waals surface area contributed by atoms with E-state index in [0.29, 0.717) is 32.2 Å². The Labute approximate surface area is 171 Å². The Morgan fingerprint density at radius 3 is 2.64 bits per heavy atom. The van der Waals surface area contributed by atoms with Crippen LogP contribution in [-0.2, 0) is 23.1 Å². The van der Waals surface area contributed by atoms with Crippen molar-refractivity contribution in [1.29, 1.82) is 0 Å². The molecule has 1 aromatic carbocycles. The quantitative estimate of drug-likeness (QED) is 0.424. The van der Waals surface area contributed by atoms with Crippen molar-refractivity contribution in [3.63, 3.8) is 0 Å². The van der Waals surface area contributed by atoms with E-state index in [1.54, 1.807) is 6.07 Å². The molecule has 9 heteroatoms. The topological polar surface area (TPSA) is 106 Å². The van der Waals surface area contributed by atoms with Crippen molar-refractivity contribution in [2.45, 2.75) is 44.5 Å². The molecule has 0 aliphatic rings. The van der Waals surface area contributed by atoms with E-state index in [9.17, 15) is 8.42 Å². The first-order chi connectivity index (χ1) is 13.3. The molecule has 0 bridgehead atoms. The van der Waals surface area contributed by atoms with Crippen LogP contribution in [0.5, 0.6) is 5.75 Å². The summed E-state index contributed by atoms with van der Waals surface area (Å²) in [6, 6.07) is 9.37. The molecule has 4 N–H and O–H groups in total. The average molecular weight is 425 g/mol. The minimum atomic E-state index is -3.66. The van der Waals surface area contributed by atoms with Crippen LogP contribution in [0.3, 0.4) is 0 Å². The van der Waals surface area contributed by atoms with Crippen molar-refractivity contribution < 1.29 is 13.2 Å². The Balaban J connectivity index is 2.07. The van der Waals surface area contributed by atoms with Crippen LogP contribution in [-0.4, -0.2) is 27.5 Å². The van der Waals surface area contributed by atoms with Gasteiger partial charge in [0.2, 0.25) is 10.0 Å². The maximum absolute atomic E-state index is 11.4. The summed E-state index contributed by atoms with van der Waals surface area (Å²) in [5.74, 6) is 1.51. The van der Waals surface area contributed by atoms with Gasteiger partial charge in [0.25, 0.3) is 0 Å². The SMILES string of the molecule is CCCOc1cc(C)ccc1CN=C(NCC)NCc1ccc(S(N)(=O)=O)s1. The number of sulfonamides is 1. The number of rotatable bonds is 9. The number of benzene rings is 1. The van der Waals surface area contributed by atoms with Crippen LogP contribution in [0, 0.1) is 6.92 Å². The van der Waals surface area contributed by atoms with Gasteiger partial charge in [-0.15, -0.1) is 11.3 Å². The Morgan fingerprint density at radius 1 is 1.21 bits per heavy atom. The van der Waals surface area contributed by atoms with E-state index >= 15 is 0 Å². The fourth-order valence-corrected chi connectivity index (χ4v) is 4.14. The standard InChI is InChI=1S/C19H28N4O3S2/c1-4-10-26-17-11-14(3)6-7-15(17)12-22-19(21-5-2)23-13-16-8-9-18(27-16)28(20,24)25/h6-9,11H,4-5,10,12-13H2,1-3H3,(H2,20,24,25)(H2,21,22,23). The highest BCUT2D eigenvalue weighted by molar-refractivity contribution is 7.91. The molecule has 0 unspecified atom stereocenters. The number of hydrogen-bond donors (Lipinski definition) is 3. The number of nitrogens with zero attached hydrogens (tertiary/aromatic N) is 1. The molecular formula is C19H28N4O3S2. The van der Waals surface area contributed by atoms with Gasteiger partial charge in [0, 0.05) is 17.0 Å². The van der Waals surface area contributed by atoms with Crippen molar-refractivity contribution in [1.82, 2.24) is 10.6 Å². The lowest BCUT2D eigenvalue weighted by Gasteiger charge is -2.13. The molecule has 0 spiro atoms. The van der Waals surface area contributed by atoms with Crippen LogP contribution < -0.4 is 20.5 Å². The van der Waals surface area contributed by atoms with Gasteiger partial charge in [-0.2, -0.15) is 0 Å². The molecule has 0 atom stereocenters. The molecule has 0 radical (unpaired) electrons. The molecule has 28 heavy (non-hydrogen) atoms. The number of guanidine groups is 1. The normalized spacial score (nSPS) is 12.1. The average Bonchev–Trinajstić information content (AvgIpc) is 3.13. The largest absolute Gasteiger partial charge is 0.493 e. The molecule has 0 aliphatic heterocycles. The number of hydrogen-bond acceptors (Lipinski definition) is 5. The Kier molecular flexibility index (Phi) is 8.28. The summed E-state index contributed by atoms with van der Waals surface area (Å²) in [6.07, 6.45) is 0.947. The zero-order valence-electron chi connectivity index (χ0n) is 16.5. The van der Waals surface area contributed by atoms with Gasteiger partial charge in [-0.05, 0) is 44.0 Å². The summed E-state index contributed by atoms with van der Waals surface area (Å²) in [6.45, 7) is 8.42. The molecule has 0 aliphatic carbocycles. The first-order valence-corrected chi connectivity index (χ1v) is 11.6. The fourth-order valence-electron chi connectivity index (χ4n) is 2.42. The van der Waals surface area contributed by atoms with Gasteiger partial charge in [-0.25, -0.2) is 18.5 Å². The van der Waals surface area contributed by atoms with Gasteiger partial charge in [0.05, 0.1) is 19.7 Å². The molecule has 2 aromatic rings. The maximum Gasteiger partial charge on any atom is 0.247 e. The molecule has 2 rings (SSSR count). The molecule has 0 fully saturated rings. The molecule has 0 saturated carbocycles. The first kappa shape index (κ1) is 22.2. The van der Waals surface area contributed by atoms with Crippen LogP contribution in [0.4, 0.5) is 0 Å². The molecule has 154 valence electrons. The predicted molar refractivity (Wildman–Crippen MR) is 114 cm³/mol. The fraction of sp³-hybridized carbons (Fsp3) is 0.421. The van der Waals surface area contributed by atoms with Crippen LogP contribution in [0.1, 0.15) is 36.3 Å². The van der Waals surface area contributed by atoms with Crippen LogP contribution >= 0.6 is 11.3 Å². The second-order valence-electron chi connectivity index (χ2n) is 6.27. The Hall–Kier alpha value is -2.10. The summed E-state index contributed by atoms with van der Waals surface area (Å²) in [5.41, 5.74) is 2.16. The first-order valence-electron chi connectivity index (χ1n) is 9.19. The molecule has 1 heterocycles. The highest BCUT2D eigenvalue weighted by Gasteiger charge is 2.11. The van der Waals surface area contributed by atoms with Crippen molar-refractivity contribution in [2.75, 3.05) is 13.2 Å². The Bertz CT molecular complexity index is 908. The summed E-state index contributed by atoms with van der Waals surface area (Å²) < 4.78 is 28.8. The molecule has 7 nitrogen and oxygen atoms in total. The van der Waals surface area contributed by atoms with E-state index < -0.39 is 10.0 Å². The highest BCUT2D eigenvalue weighted by Crippen LogP contribution is 2.22. The number of thiophene rings is 1. The number of aliphatic imine (C=N–C) groups is 1. The lowest BCUT2D eigenvalue weighted by Crippen LogP contribution is -2.36. The third-order valence-electron chi connectivity index (χ3n) is 3.78. The van der Waals surface area contributed by atoms with Crippen molar-refractivity contribution in [3.05, 3.63) is 46.3 Å². The summed E-state index contributed by atoms with van der Waals surface area (Å²) >= 11 is 1.15. The lowest BCUT2D eigenvalue weighted by molar-refractivity contribution is 0.314. The second-order valence-corrected chi connectivity index (χ2v) is 9.23. The van der Waals surface area contributed by atoms with Gasteiger partial charge in [-0.3, -0.25) is 0 Å². The minimum absolute atomic E-state index is 0.156. The Morgan fingerprint density at radius 2 is 2.00 bits per heavy atom. The van der Waals surface area contributed by atoms with Gasteiger partial charge in [0.15, 0.2) is 5.96 Å². The number of primary sulfonamides is 1. The van der Waals surface area contributed by atoms with Crippen LogP contribution in [0.15, 0.2) is 39.5 Å². The van der Waals surface area contributed by atoms with Crippen molar-refractivity contribution >= 4 is 27.3 Å². The number of aryl methyl sites for hydroxylation is 1. The monoisotopic (exact) mass is 424 g/mol. The van der Waals surface area contributed by atoms with E-state index in [4.69, 9.17) is 9.88 Å². The molecule has 1 aromatic heterocycles. The van der Waals surface area contributed by atoms with Crippen molar-refractivity contribution in [2.24, 2.45) is 10.1 Å². The predicted octanol–water partition coefficient (Wildman–Crippen LogP) is 2.75. The van der Waals surface area contributed by atoms with Crippen LogP contribution in [0.2, 0.25) is 0 Å². The van der Waals surface area contributed by atoms with E-state index in [-0.39, 0.29) is 4.21 Å². The number of nitrogens with two attached hydrogens (primary N) is 1.